The summed E-state index contributed by atoms with van der Waals surface area (Å²) in [5, 5.41) is -0.0777. The molecule has 0 aliphatic carbocycles. The van der Waals surface area contributed by atoms with Gasteiger partial charge in [-0.2, -0.15) is 23.2 Å². The Morgan fingerprint density at radius 2 is 0.662 bits per heavy atom. The molecule has 0 saturated carbocycles. The molecule has 11 aromatic carbocycles. The molecule has 0 atom stereocenters. The molecule has 358 valence electrons. The van der Waals surface area contributed by atoms with Crippen LogP contribution in [0, 0.1) is 0 Å². The first-order valence-corrected chi connectivity index (χ1v) is 28.0. The maximum atomic E-state index is 7.49. The fourth-order valence-electron chi connectivity index (χ4n) is 13.0. The number of fused-ring (bicyclic) bond motifs is 4. The highest BCUT2D eigenvalue weighted by Gasteiger charge is 2.56. The van der Waals surface area contributed by atoms with Crippen molar-refractivity contribution < 1.29 is 9.31 Å². The smallest absolute Gasteiger partial charge is 0.525 e. The lowest BCUT2D eigenvalue weighted by atomic mass is 9.55. The van der Waals surface area contributed by atoms with E-state index in [0.717, 1.165) is 79.5 Å². The van der Waals surface area contributed by atoms with Crippen molar-refractivity contribution in [3.8, 4) is 56.0 Å². The maximum Gasteiger partial charge on any atom is 0.525 e. The zero-order valence-electron chi connectivity index (χ0n) is 41.3. The number of para-hydroxylation sites is 8. The Morgan fingerprint density at radius 1 is 0.325 bits per heavy atom. The van der Waals surface area contributed by atoms with E-state index in [0.29, 0.717) is 0 Å². The average Bonchev–Trinajstić information content (AvgIpc) is 3.66. The molecule has 0 amide bonds. The van der Waals surface area contributed by atoms with E-state index in [2.05, 4.69) is 268 Å². The number of anilines is 10. The standard InChI is InChI=1S/C66H41B3N4O2S2/c1-7-23-42(24-8-1)70(43-25-9-2-10-26-43)54-39-50-48-35-19-21-37-56(48)74-67-62(50)60-58-52(72(67)46-31-15-5-16-32-46)41-53-59-61-63-51(49-36-20-22-38-57(49)75-68(63)73(53)47-33-17-6-18-34-47)40-55(66(61)77-69(64(58)59)76-65(54)60)71(44-27-11-3-12-28-44)45-29-13-4-14-30-45/h1-41H. The van der Waals surface area contributed by atoms with Crippen molar-refractivity contribution in [2.24, 2.45) is 0 Å². The molecule has 77 heavy (non-hydrogen) atoms. The second-order valence-electron chi connectivity index (χ2n) is 20.1. The molecule has 11 heteroatoms. The van der Waals surface area contributed by atoms with Crippen LogP contribution in [0.25, 0.3) is 44.5 Å². The van der Waals surface area contributed by atoms with Crippen LogP contribution in [0.3, 0.4) is 0 Å². The first-order valence-electron chi connectivity index (χ1n) is 26.2. The van der Waals surface area contributed by atoms with Gasteiger partial charge in [-0.15, -0.1) is 0 Å². The predicted octanol–water partition coefficient (Wildman–Crippen LogP) is 15.7. The minimum atomic E-state index is -0.476. The quantitative estimate of drug-likeness (QED) is 0.139. The summed E-state index contributed by atoms with van der Waals surface area (Å²) in [6.45, 7) is 0. The summed E-state index contributed by atoms with van der Waals surface area (Å²) in [7, 11) is -0.952. The van der Waals surface area contributed by atoms with Gasteiger partial charge in [0.1, 0.15) is 11.5 Å². The van der Waals surface area contributed by atoms with E-state index in [1.807, 2.05) is 23.2 Å². The fourth-order valence-corrected chi connectivity index (χ4v) is 16.1. The monoisotopic (exact) mass is 1020 g/mol. The summed E-state index contributed by atoms with van der Waals surface area (Å²) >= 11 is 3.99. The predicted molar refractivity (Wildman–Crippen MR) is 324 cm³/mol. The average molecular weight is 1020 g/mol. The van der Waals surface area contributed by atoms with Crippen molar-refractivity contribution >= 4 is 116 Å². The molecule has 6 nitrogen and oxygen atoms in total. The second kappa shape index (κ2) is 16.8. The molecule has 0 N–H and O–H groups in total. The van der Waals surface area contributed by atoms with E-state index in [-0.39, 0.29) is 5.27 Å². The molecular weight excluding hydrogens is 977 g/mol. The summed E-state index contributed by atoms with van der Waals surface area (Å²) in [4.78, 5) is 12.4. The van der Waals surface area contributed by atoms with Gasteiger partial charge in [0.05, 0.1) is 11.4 Å². The van der Waals surface area contributed by atoms with Gasteiger partial charge in [0.2, 0.25) is 0 Å². The first-order chi connectivity index (χ1) is 38.2. The molecule has 6 aliphatic rings. The van der Waals surface area contributed by atoms with Crippen LogP contribution in [-0.4, -0.2) is 19.4 Å². The van der Waals surface area contributed by atoms with Gasteiger partial charge in [-0.05, 0) is 131 Å². The Hall–Kier alpha value is -8.89. The van der Waals surface area contributed by atoms with Crippen molar-refractivity contribution in [2.75, 3.05) is 19.4 Å². The molecule has 6 heterocycles. The van der Waals surface area contributed by atoms with E-state index < -0.39 is 14.1 Å². The highest BCUT2D eigenvalue weighted by Crippen LogP contribution is 2.64. The van der Waals surface area contributed by atoms with Crippen molar-refractivity contribution in [2.45, 2.75) is 9.79 Å². The molecule has 0 radical (unpaired) electrons. The summed E-state index contributed by atoms with van der Waals surface area (Å²) in [6.07, 6.45) is 0. The minimum absolute atomic E-state index is 0.0777. The minimum Gasteiger partial charge on any atom is -0.537 e. The van der Waals surface area contributed by atoms with Crippen molar-refractivity contribution in [1.82, 2.24) is 0 Å². The summed E-state index contributed by atoms with van der Waals surface area (Å²) in [5.41, 5.74) is 24.3. The Balaban J connectivity index is 1.05. The zero-order valence-corrected chi connectivity index (χ0v) is 43.0. The first kappa shape index (κ1) is 43.4. The molecule has 11 aromatic rings. The van der Waals surface area contributed by atoms with Gasteiger partial charge in [0.15, 0.2) is 0 Å². The molecule has 17 rings (SSSR count). The third-order valence-electron chi connectivity index (χ3n) is 16.0. The molecule has 0 fully saturated rings. The number of hydrogen-bond donors (Lipinski definition) is 0. The number of benzene rings is 11. The second-order valence-corrected chi connectivity index (χ2v) is 22.7. The highest BCUT2D eigenvalue weighted by atomic mass is 32.2. The molecule has 0 saturated heterocycles. The summed E-state index contributed by atoms with van der Waals surface area (Å²) < 4.78 is 15.0. The van der Waals surface area contributed by atoms with Crippen molar-refractivity contribution in [1.29, 1.82) is 0 Å². The van der Waals surface area contributed by atoms with Crippen molar-refractivity contribution in [3.05, 3.63) is 249 Å². The van der Waals surface area contributed by atoms with E-state index in [9.17, 15) is 0 Å². The maximum absolute atomic E-state index is 7.49. The van der Waals surface area contributed by atoms with Gasteiger partial charge < -0.3 is 28.7 Å². The van der Waals surface area contributed by atoms with E-state index in [4.69, 9.17) is 9.31 Å². The Morgan fingerprint density at radius 3 is 1.04 bits per heavy atom. The zero-order chi connectivity index (χ0) is 50.3. The third-order valence-corrected chi connectivity index (χ3v) is 18.8. The van der Waals surface area contributed by atoms with Crippen LogP contribution < -0.4 is 45.1 Å². The largest absolute Gasteiger partial charge is 0.537 e. The van der Waals surface area contributed by atoms with Crippen LogP contribution in [0.2, 0.25) is 0 Å². The molecule has 0 aromatic heterocycles. The lowest BCUT2D eigenvalue weighted by Crippen LogP contribution is -2.60. The summed E-state index contributed by atoms with van der Waals surface area (Å²) in [5.74, 6) is 1.73. The molecule has 0 unspecified atom stereocenters. The van der Waals surface area contributed by atoms with E-state index >= 15 is 0 Å². The van der Waals surface area contributed by atoms with E-state index in [1.165, 1.54) is 59.6 Å². The Kier molecular flexibility index (Phi) is 9.47. The molecule has 0 bridgehead atoms. The van der Waals surface area contributed by atoms with Crippen LogP contribution in [0.15, 0.2) is 259 Å². The lowest BCUT2D eigenvalue weighted by Gasteiger charge is -2.50. The Labute approximate surface area is 456 Å². The van der Waals surface area contributed by atoms with Gasteiger partial charge in [-0.3, -0.25) is 0 Å². The lowest BCUT2D eigenvalue weighted by molar-refractivity contribution is 0.577. The highest BCUT2D eigenvalue weighted by molar-refractivity contribution is 8.56. The van der Waals surface area contributed by atoms with Crippen LogP contribution >= 0.6 is 23.2 Å². The van der Waals surface area contributed by atoms with Gasteiger partial charge in [-0.1, -0.05) is 146 Å². The molecule has 6 aliphatic heterocycles. The number of nitrogens with zero attached hydrogens (tertiary/aromatic N) is 4. The summed E-state index contributed by atoms with van der Waals surface area (Å²) in [6, 6.07) is 90.0. The topological polar surface area (TPSA) is 31.4 Å². The number of rotatable bonds is 8. The van der Waals surface area contributed by atoms with Crippen LogP contribution in [0.1, 0.15) is 0 Å². The fraction of sp³-hybridized carbons (Fsp3) is 0. The van der Waals surface area contributed by atoms with Crippen molar-refractivity contribution in [3.63, 3.8) is 0 Å². The van der Waals surface area contributed by atoms with Crippen LogP contribution in [0.5, 0.6) is 11.5 Å². The molecule has 0 spiro atoms. The van der Waals surface area contributed by atoms with Gasteiger partial charge in [0, 0.05) is 88.5 Å². The third kappa shape index (κ3) is 6.27. The van der Waals surface area contributed by atoms with Crippen LogP contribution in [0.4, 0.5) is 56.9 Å². The van der Waals surface area contributed by atoms with Crippen LogP contribution in [-0.2, 0) is 0 Å². The molecular formula is C66H41B3N4O2S2. The Bertz CT molecular complexity index is 3880. The van der Waals surface area contributed by atoms with Gasteiger partial charge in [-0.25, -0.2) is 0 Å². The van der Waals surface area contributed by atoms with Gasteiger partial charge >= 0.3 is 19.4 Å². The SMILES string of the molecule is c1ccc(N2B3Oc4ccccc4-c4cc(N(c5ccccc5)c5ccccc5)c5c(c43)-c3c2cc2c4c3B(S5)Sc3c(N(c5ccccc5)c5ccccc5)cc5c(c3-4)B(Oc3ccccc3-5)N2c2ccccc2)cc1. The van der Waals surface area contributed by atoms with E-state index in [1.54, 1.807) is 0 Å². The number of hydrogen-bond acceptors (Lipinski definition) is 8. The normalized spacial score (nSPS) is 13.9. The van der Waals surface area contributed by atoms with Gasteiger partial charge in [0.25, 0.3) is 0 Å².